The van der Waals surface area contributed by atoms with Gasteiger partial charge in [-0.05, 0) is 37.1 Å². The van der Waals surface area contributed by atoms with Crippen molar-refractivity contribution in [2.45, 2.75) is 12.8 Å². The normalized spacial score (nSPS) is 16.3. The summed E-state index contributed by atoms with van der Waals surface area (Å²) in [6, 6.07) is 11.1. The zero-order valence-electron chi connectivity index (χ0n) is 15.0. The number of benzene rings is 2. The van der Waals surface area contributed by atoms with Gasteiger partial charge >= 0.3 is 0 Å². The summed E-state index contributed by atoms with van der Waals surface area (Å²) in [5.41, 5.74) is 2.25. The largest absolute Gasteiger partial charge is 0.354 e. The van der Waals surface area contributed by atoms with Gasteiger partial charge < -0.3 is 9.55 Å². The number of aryl methyl sites for hydroxylation is 1. The lowest BCUT2D eigenvalue weighted by atomic mass is 10.1. The molecule has 0 spiro atoms. The maximum Gasteiger partial charge on any atom is 0.197 e. The van der Waals surface area contributed by atoms with Crippen LogP contribution in [-0.4, -0.2) is 9.55 Å². The maximum absolute atomic E-state index is 13.2. The summed E-state index contributed by atoms with van der Waals surface area (Å²) in [6.07, 6.45) is 9.77. The molecule has 4 aromatic rings. The van der Waals surface area contributed by atoms with Crippen molar-refractivity contribution >= 4 is 44.9 Å². The third-order valence-electron chi connectivity index (χ3n) is 5.38. The molecule has 0 unspecified atom stereocenters. The minimum atomic E-state index is -0.0149. The molecule has 1 aliphatic carbocycles. The van der Waals surface area contributed by atoms with E-state index in [1.54, 1.807) is 0 Å². The van der Waals surface area contributed by atoms with Crippen molar-refractivity contribution in [2.75, 3.05) is 0 Å². The molecule has 0 atom stereocenters. The van der Waals surface area contributed by atoms with Gasteiger partial charge in [0.2, 0.25) is 0 Å². The monoisotopic (exact) mass is 354 g/mol. The summed E-state index contributed by atoms with van der Waals surface area (Å²) in [6.45, 7) is 0. The SMILES string of the molecule is Cn1/c2c(c(=O)c3cc4[nH]c5ccccc5c(=O)c4cc31)=CC/C=C\C\C=2. The summed E-state index contributed by atoms with van der Waals surface area (Å²) in [5.74, 6) is 0. The zero-order valence-corrected chi connectivity index (χ0v) is 15.0. The molecule has 1 aliphatic rings. The van der Waals surface area contributed by atoms with Gasteiger partial charge in [-0.1, -0.05) is 36.4 Å². The van der Waals surface area contributed by atoms with E-state index >= 15 is 0 Å². The second-order valence-electron chi connectivity index (χ2n) is 6.95. The van der Waals surface area contributed by atoms with Crippen molar-refractivity contribution < 1.29 is 0 Å². The average molecular weight is 354 g/mol. The number of nitrogens with one attached hydrogen (secondary N) is 1. The molecular weight excluding hydrogens is 336 g/mol. The molecule has 4 heteroatoms. The first-order valence-corrected chi connectivity index (χ1v) is 9.08. The van der Waals surface area contributed by atoms with Crippen LogP contribution >= 0.6 is 0 Å². The first kappa shape index (κ1) is 15.8. The molecule has 0 bridgehead atoms. The predicted octanol–water partition coefficient (Wildman–Crippen LogP) is 2.44. The summed E-state index contributed by atoms with van der Waals surface area (Å²) in [4.78, 5) is 29.5. The predicted molar refractivity (Wildman–Crippen MR) is 111 cm³/mol. The number of fused-ring (bicyclic) bond motifs is 4. The van der Waals surface area contributed by atoms with Crippen molar-refractivity contribution in [3.63, 3.8) is 0 Å². The lowest BCUT2D eigenvalue weighted by Gasteiger charge is -2.11. The van der Waals surface area contributed by atoms with Crippen molar-refractivity contribution in [3.8, 4) is 0 Å². The highest BCUT2D eigenvalue weighted by atomic mass is 16.1. The van der Waals surface area contributed by atoms with Gasteiger partial charge in [-0.3, -0.25) is 9.59 Å². The number of allylic oxidation sites excluding steroid dienone is 2. The molecule has 27 heavy (non-hydrogen) atoms. The Morgan fingerprint density at radius 1 is 0.852 bits per heavy atom. The van der Waals surface area contributed by atoms with Gasteiger partial charge in [0.25, 0.3) is 0 Å². The van der Waals surface area contributed by atoms with Crippen LogP contribution in [0.3, 0.4) is 0 Å². The molecule has 132 valence electrons. The highest BCUT2D eigenvalue weighted by Crippen LogP contribution is 2.19. The maximum atomic E-state index is 13.2. The van der Waals surface area contributed by atoms with Crippen LogP contribution in [-0.2, 0) is 7.05 Å². The molecule has 1 N–H and O–H groups in total. The smallest absolute Gasteiger partial charge is 0.197 e. The van der Waals surface area contributed by atoms with E-state index in [4.69, 9.17) is 0 Å². The Morgan fingerprint density at radius 2 is 1.63 bits per heavy atom. The molecule has 4 nitrogen and oxygen atoms in total. The fourth-order valence-electron chi connectivity index (χ4n) is 3.99. The second-order valence-corrected chi connectivity index (χ2v) is 6.95. The quantitative estimate of drug-likeness (QED) is 0.390. The molecule has 2 heterocycles. The van der Waals surface area contributed by atoms with E-state index in [-0.39, 0.29) is 10.9 Å². The number of H-pyrrole nitrogens is 1. The van der Waals surface area contributed by atoms with Crippen molar-refractivity contribution in [1.82, 2.24) is 9.55 Å². The number of pyridine rings is 2. The minimum absolute atomic E-state index is 0.0144. The van der Waals surface area contributed by atoms with Crippen LogP contribution in [0.1, 0.15) is 12.8 Å². The number of hydrogen-bond acceptors (Lipinski definition) is 2. The first-order valence-electron chi connectivity index (χ1n) is 9.08. The standard InChI is InChI=1S/C23H18N2O2/c1-25-20-11-5-3-2-4-9-15(20)23(27)17-12-19-16(13-21(17)25)22(26)14-8-6-7-10-18(14)24-19/h2-3,6-13H,4-5H2,1H3,(H,24,26)/b3-2-,15-9?,20-11+. The highest BCUT2D eigenvalue weighted by molar-refractivity contribution is 5.99. The first-order chi connectivity index (χ1) is 13.1. The van der Waals surface area contributed by atoms with E-state index in [1.807, 2.05) is 54.1 Å². The van der Waals surface area contributed by atoms with Crippen LogP contribution in [0.25, 0.3) is 44.9 Å². The van der Waals surface area contributed by atoms with Gasteiger partial charge in [-0.15, -0.1) is 0 Å². The number of rotatable bonds is 0. The Labute approximate surface area is 154 Å². The minimum Gasteiger partial charge on any atom is -0.354 e. The summed E-state index contributed by atoms with van der Waals surface area (Å²) in [7, 11) is 1.96. The molecule has 0 aliphatic heterocycles. The molecule has 0 fully saturated rings. The Bertz CT molecular complexity index is 1520. The molecule has 0 amide bonds. The topological polar surface area (TPSA) is 54.9 Å². The van der Waals surface area contributed by atoms with E-state index in [0.717, 1.165) is 34.4 Å². The Kier molecular flexibility index (Phi) is 3.41. The average Bonchev–Trinajstić information content (AvgIpc) is 2.65. The van der Waals surface area contributed by atoms with Gasteiger partial charge in [0.05, 0.1) is 11.0 Å². The number of hydrogen-bond donors (Lipinski definition) is 1. The summed E-state index contributed by atoms with van der Waals surface area (Å²) < 4.78 is 2.02. The molecular formula is C23H18N2O2. The van der Waals surface area contributed by atoms with E-state index in [0.29, 0.717) is 21.7 Å². The summed E-state index contributed by atoms with van der Waals surface area (Å²) in [5, 5.41) is 3.53. The lowest BCUT2D eigenvalue weighted by molar-refractivity contribution is 0.895. The second kappa shape index (κ2) is 5.81. The number of nitrogens with zero attached hydrogens (tertiary/aromatic N) is 1. The van der Waals surface area contributed by atoms with Crippen LogP contribution in [0.5, 0.6) is 0 Å². The van der Waals surface area contributed by atoms with Gasteiger partial charge in [0.1, 0.15) is 0 Å². The number of aromatic nitrogens is 2. The van der Waals surface area contributed by atoms with E-state index in [1.165, 1.54) is 0 Å². The van der Waals surface area contributed by atoms with Crippen molar-refractivity contribution in [1.29, 1.82) is 0 Å². The molecule has 2 aromatic carbocycles. The van der Waals surface area contributed by atoms with Gasteiger partial charge in [-0.25, -0.2) is 0 Å². The molecule has 0 saturated carbocycles. The van der Waals surface area contributed by atoms with Crippen LogP contribution in [0.4, 0.5) is 0 Å². The van der Waals surface area contributed by atoms with Crippen molar-refractivity contribution in [2.24, 2.45) is 7.05 Å². The van der Waals surface area contributed by atoms with E-state index in [2.05, 4.69) is 23.2 Å². The molecule has 0 radical (unpaired) electrons. The highest BCUT2D eigenvalue weighted by Gasteiger charge is 2.11. The van der Waals surface area contributed by atoms with E-state index in [9.17, 15) is 9.59 Å². The third-order valence-corrected chi connectivity index (χ3v) is 5.38. The third kappa shape index (κ3) is 2.30. The Hall–Kier alpha value is -3.40. The fourth-order valence-corrected chi connectivity index (χ4v) is 3.99. The summed E-state index contributed by atoms with van der Waals surface area (Å²) >= 11 is 0. The van der Waals surface area contributed by atoms with Gasteiger partial charge in [0, 0.05) is 39.3 Å². The van der Waals surface area contributed by atoms with Crippen LogP contribution in [0.15, 0.2) is 58.1 Å². The Balaban J connectivity index is 2.03. The lowest BCUT2D eigenvalue weighted by Crippen LogP contribution is -2.45. The van der Waals surface area contributed by atoms with Gasteiger partial charge in [-0.2, -0.15) is 0 Å². The Morgan fingerprint density at radius 3 is 2.48 bits per heavy atom. The van der Waals surface area contributed by atoms with E-state index < -0.39 is 0 Å². The van der Waals surface area contributed by atoms with Crippen molar-refractivity contribution in [3.05, 3.63) is 79.6 Å². The van der Waals surface area contributed by atoms with Crippen LogP contribution in [0.2, 0.25) is 0 Å². The van der Waals surface area contributed by atoms with Crippen LogP contribution in [0, 0.1) is 0 Å². The zero-order chi connectivity index (χ0) is 18.5. The van der Waals surface area contributed by atoms with Gasteiger partial charge in [0.15, 0.2) is 10.9 Å². The number of aromatic amines is 1. The van der Waals surface area contributed by atoms with Crippen LogP contribution < -0.4 is 21.4 Å². The number of para-hydroxylation sites is 1. The fraction of sp³-hybridized carbons (Fsp3) is 0.130. The molecule has 5 rings (SSSR count). The molecule has 0 saturated heterocycles. The molecule has 2 aromatic heterocycles.